The maximum Gasteiger partial charge on any atom is 0.356 e. The number of anilines is 1. The van der Waals surface area contributed by atoms with Gasteiger partial charge in [0.05, 0.1) is 6.42 Å². The van der Waals surface area contributed by atoms with E-state index in [0.717, 1.165) is 22.5 Å². The molecule has 17 heteroatoms. The lowest BCUT2D eigenvalue weighted by Crippen LogP contribution is -2.71. The van der Waals surface area contributed by atoms with Crippen LogP contribution in [-0.4, -0.2) is 75.3 Å². The third-order valence-electron chi connectivity index (χ3n) is 7.40. The molecule has 15 nitrogen and oxygen atoms in total. The minimum absolute atomic E-state index is 0.0185. The second-order valence-electron chi connectivity index (χ2n) is 10.7. The highest BCUT2D eigenvalue weighted by Gasteiger charge is 2.55. The molecule has 3 amide bonds. The molecule has 0 saturated carbocycles. The van der Waals surface area contributed by atoms with Crippen LogP contribution in [-0.2, 0) is 35.2 Å². The summed E-state index contributed by atoms with van der Waals surface area (Å²) in [7, 11) is 1.28. The molecule has 2 aromatic heterocycles. The third-order valence-corrected chi connectivity index (χ3v) is 9.41. The van der Waals surface area contributed by atoms with Crippen molar-refractivity contribution in [2.75, 3.05) is 25.2 Å². The van der Waals surface area contributed by atoms with Gasteiger partial charge in [0.25, 0.3) is 17.7 Å². The van der Waals surface area contributed by atoms with Gasteiger partial charge in [0.1, 0.15) is 42.3 Å². The topological polar surface area (TPSA) is 215 Å². The summed E-state index contributed by atoms with van der Waals surface area (Å²) in [4.78, 5) is 62.7. The van der Waals surface area contributed by atoms with Gasteiger partial charge in [0, 0.05) is 22.8 Å². The number of nitrogen functional groups attached to an aromatic ring is 1. The van der Waals surface area contributed by atoms with Crippen molar-refractivity contribution in [3.8, 4) is 5.88 Å². The molecule has 0 radical (unpaired) electrons. The van der Waals surface area contributed by atoms with Gasteiger partial charge in [-0.1, -0.05) is 65.8 Å². The highest BCUT2D eigenvalue weighted by atomic mass is 32.2. The molecule has 5 N–H and O–H groups in total. The fraction of sp³-hybridized carbons (Fsp3) is 0.219. The maximum atomic E-state index is 14.2. The van der Waals surface area contributed by atoms with Gasteiger partial charge in [-0.15, -0.1) is 23.1 Å². The van der Waals surface area contributed by atoms with Crippen LogP contribution in [0.5, 0.6) is 5.88 Å². The number of fused-ring (bicyclic) bond motifs is 1. The van der Waals surface area contributed by atoms with Crippen LogP contribution < -0.4 is 21.5 Å². The summed E-state index contributed by atoms with van der Waals surface area (Å²) in [6, 6.07) is 18.8. The average Bonchev–Trinajstić information content (AvgIpc) is 3.75. The number of β-lactam (4-membered cyclic amide) rings is 1. The van der Waals surface area contributed by atoms with Gasteiger partial charge in [-0.2, -0.15) is 0 Å². The Hall–Kier alpha value is -5.68. The quantitative estimate of drug-likeness (QED) is 0.0791. The molecule has 1 saturated heterocycles. The van der Waals surface area contributed by atoms with Crippen LogP contribution in [0.4, 0.5) is 5.13 Å². The standard InChI is InChI=1S/C32H29N7O8S2/c1-44-38-24(21-16-49-32(34)35-21)28(41)36-25-29(42)39-26(19(15-48-30(25)39)14-45-23-13-20(47-37-23)12-22(33)40)31(43)46-27(17-8-4-2-5-9-17)18-10-6-3-7-11-18/h2-11,13,16,25,27,30H,12,14-15H2,1H3,(H2,33,40)(H2,34,35)(H,36,41)/b38-24-/t25?,30-/m1/s1. The average molecular weight is 704 g/mol. The van der Waals surface area contributed by atoms with E-state index in [1.54, 1.807) is 5.38 Å². The van der Waals surface area contributed by atoms with Crippen molar-refractivity contribution in [2.45, 2.75) is 23.9 Å². The highest BCUT2D eigenvalue weighted by molar-refractivity contribution is 8.00. The first-order valence-corrected chi connectivity index (χ1v) is 16.6. The van der Waals surface area contributed by atoms with Crippen molar-refractivity contribution >= 4 is 57.6 Å². The number of nitrogens with zero attached hydrogens (tertiary/aromatic N) is 4. The van der Waals surface area contributed by atoms with E-state index in [1.807, 2.05) is 60.7 Å². The van der Waals surface area contributed by atoms with Crippen molar-refractivity contribution in [1.29, 1.82) is 0 Å². The van der Waals surface area contributed by atoms with Gasteiger partial charge in [-0.3, -0.25) is 19.3 Å². The van der Waals surface area contributed by atoms with E-state index >= 15 is 0 Å². The maximum absolute atomic E-state index is 14.2. The summed E-state index contributed by atoms with van der Waals surface area (Å²) in [6.07, 6.45) is -0.967. The Morgan fingerprint density at radius 3 is 2.43 bits per heavy atom. The lowest BCUT2D eigenvalue weighted by Gasteiger charge is -2.49. The van der Waals surface area contributed by atoms with Crippen LogP contribution in [0.25, 0.3) is 0 Å². The molecule has 0 spiro atoms. The molecule has 49 heavy (non-hydrogen) atoms. The lowest BCUT2D eigenvalue weighted by atomic mass is 10.0. The van der Waals surface area contributed by atoms with E-state index in [4.69, 9.17) is 30.3 Å². The zero-order valence-corrected chi connectivity index (χ0v) is 27.4. The molecule has 6 rings (SSSR count). The number of nitrogens with two attached hydrogens (primary N) is 2. The number of ether oxygens (including phenoxy) is 2. The molecular weight excluding hydrogens is 675 g/mol. The van der Waals surface area contributed by atoms with Gasteiger partial charge in [-0.25, -0.2) is 9.78 Å². The van der Waals surface area contributed by atoms with Crippen LogP contribution in [0, 0.1) is 0 Å². The van der Waals surface area contributed by atoms with Crippen LogP contribution in [0.1, 0.15) is 28.7 Å². The van der Waals surface area contributed by atoms with Crippen molar-refractivity contribution < 1.29 is 38.0 Å². The first-order valence-electron chi connectivity index (χ1n) is 14.7. The Bertz CT molecular complexity index is 1890. The van der Waals surface area contributed by atoms with Gasteiger partial charge >= 0.3 is 5.97 Å². The van der Waals surface area contributed by atoms with Crippen molar-refractivity contribution in [1.82, 2.24) is 20.4 Å². The third kappa shape index (κ3) is 7.26. The summed E-state index contributed by atoms with van der Waals surface area (Å²) in [6.45, 7) is -0.162. The molecule has 1 fully saturated rings. The SMILES string of the molecule is CO/N=C(\C(=O)NC1C(=O)N2C(C(=O)OC(c3ccccc3)c3ccccc3)=C(COc3cc(CC(N)=O)on3)CS[C@H]12)c1csc(N)n1. The molecule has 2 aromatic carbocycles. The zero-order valence-electron chi connectivity index (χ0n) is 25.8. The Balaban J connectivity index is 1.28. The number of benzene rings is 2. The summed E-state index contributed by atoms with van der Waals surface area (Å²) in [5, 5.41) is 11.4. The normalized spacial score (nSPS) is 17.3. The summed E-state index contributed by atoms with van der Waals surface area (Å²) >= 11 is 2.43. The number of aromatic nitrogens is 2. The largest absolute Gasteiger partial charge is 0.471 e. The van der Waals surface area contributed by atoms with Gasteiger partial charge in [0.2, 0.25) is 5.91 Å². The molecule has 252 valence electrons. The van der Waals surface area contributed by atoms with E-state index in [1.165, 1.54) is 29.8 Å². The number of carbonyl (C=O) groups is 4. The first kappa shape index (κ1) is 33.2. The number of amides is 3. The van der Waals surface area contributed by atoms with E-state index in [9.17, 15) is 19.2 Å². The zero-order chi connectivity index (χ0) is 34.5. The fourth-order valence-electron chi connectivity index (χ4n) is 5.21. The first-order chi connectivity index (χ1) is 23.7. The molecule has 0 aliphatic carbocycles. The second kappa shape index (κ2) is 14.6. The molecule has 2 aliphatic heterocycles. The van der Waals surface area contributed by atoms with Crippen LogP contribution in [0.2, 0.25) is 0 Å². The number of primary amides is 1. The summed E-state index contributed by atoms with van der Waals surface area (Å²) in [5.74, 6) is -2.14. The van der Waals surface area contributed by atoms with Crippen molar-refractivity contribution in [3.05, 3.63) is 106 Å². The highest BCUT2D eigenvalue weighted by Crippen LogP contribution is 2.42. The number of esters is 1. The minimum Gasteiger partial charge on any atom is -0.471 e. The molecule has 0 bridgehead atoms. The number of thiazole rings is 1. The number of oxime groups is 1. The Morgan fingerprint density at radius 1 is 1.12 bits per heavy atom. The minimum atomic E-state index is -1.01. The lowest BCUT2D eigenvalue weighted by molar-refractivity contribution is -0.154. The van der Waals surface area contributed by atoms with Gasteiger partial charge < -0.3 is 35.6 Å². The van der Waals surface area contributed by atoms with Crippen LogP contribution in [0.3, 0.4) is 0 Å². The Labute approximate surface area is 287 Å². The van der Waals surface area contributed by atoms with Crippen molar-refractivity contribution in [3.63, 3.8) is 0 Å². The van der Waals surface area contributed by atoms with Gasteiger partial charge in [-0.05, 0) is 16.3 Å². The number of rotatable bonds is 13. The van der Waals surface area contributed by atoms with E-state index in [2.05, 4.69) is 20.6 Å². The van der Waals surface area contributed by atoms with E-state index in [0.29, 0.717) is 5.57 Å². The number of nitrogens with one attached hydrogen (secondary N) is 1. The number of thioether (sulfide) groups is 1. The monoisotopic (exact) mass is 703 g/mol. The number of hydrogen-bond acceptors (Lipinski definition) is 14. The van der Waals surface area contributed by atoms with Crippen LogP contribution in [0.15, 0.2) is 93.1 Å². The molecule has 2 atom stereocenters. The van der Waals surface area contributed by atoms with E-state index in [-0.39, 0.29) is 52.7 Å². The van der Waals surface area contributed by atoms with Crippen molar-refractivity contribution in [2.24, 2.45) is 10.9 Å². The Morgan fingerprint density at radius 2 is 1.82 bits per heavy atom. The van der Waals surface area contributed by atoms with Gasteiger partial charge in [0.15, 0.2) is 16.9 Å². The second-order valence-corrected chi connectivity index (χ2v) is 12.7. The molecule has 1 unspecified atom stereocenters. The number of hydrogen-bond donors (Lipinski definition) is 3. The molecule has 4 heterocycles. The van der Waals surface area contributed by atoms with E-state index < -0.39 is 41.2 Å². The Kier molecular flexibility index (Phi) is 9.91. The number of carbonyl (C=O) groups excluding carboxylic acids is 4. The fourth-order valence-corrected chi connectivity index (χ4v) is 7.08. The van der Waals surface area contributed by atoms with Crippen LogP contribution >= 0.6 is 23.1 Å². The predicted molar refractivity (Wildman–Crippen MR) is 178 cm³/mol. The predicted octanol–water partition coefficient (Wildman–Crippen LogP) is 2.16. The molecular formula is C32H29N7O8S2. The molecule has 2 aliphatic rings. The summed E-state index contributed by atoms with van der Waals surface area (Å²) < 4.78 is 17.1. The molecule has 4 aromatic rings. The summed E-state index contributed by atoms with van der Waals surface area (Å²) in [5.41, 5.74) is 12.9. The smallest absolute Gasteiger partial charge is 0.356 e.